The number of likely N-dealkylation sites (tertiary alicyclic amines) is 1. The zero-order chi connectivity index (χ0) is 27.9. The summed E-state index contributed by atoms with van der Waals surface area (Å²) in [5, 5.41) is 18.9. The number of carbonyl (C=O) groups excluding carboxylic acids is 2. The van der Waals surface area contributed by atoms with Crippen molar-refractivity contribution < 1.29 is 24.2 Å². The maximum atomic E-state index is 12.8. The van der Waals surface area contributed by atoms with E-state index in [4.69, 9.17) is 9.47 Å². The number of hydrogen-bond donors (Lipinski definition) is 4. The highest BCUT2D eigenvalue weighted by Crippen LogP contribution is 2.33. The Morgan fingerprint density at radius 2 is 1.77 bits per heavy atom. The zero-order valence-electron chi connectivity index (χ0n) is 22.7. The zero-order valence-corrected chi connectivity index (χ0v) is 22.7. The summed E-state index contributed by atoms with van der Waals surface area (Å²) in [5.41, 5.74) is 2.86. The number of aromatic nitrogens is 1. The Morgan fingerprint density at radius 3 is 2.60 bits per heavy atom. The standard InChI is InChI=1S/C31H36N4O5/c1-2-39-30(37)24-9-4-6-11-26(24)34-31(38)35-16-14-21(15-17-35)18-32-19-22(36)20-40-28-13-7-12-27-29(28)23-8-3-5-10-25(23)33-27/h3-13,21-22,32-33,36H,2,14-20H2,1H3,(H,34,38)/t22-/m0/s1. The van der Waals surface area contributed by atoms with Crippen molar-refractivity contribution in [2.24, 2.45) is 5.92 Å². The highest BCUT2D eigenvalue weighted by Gasteiger charge is 2.24. The van der Waals surface area contributed by atoms with Gasteiger partial charge >= 0.3 is 12.0 Å². The van der Waals surface area contributed by atoms with Crippen LogP contribution in [0.5, 0.6) is 5.75 Å². The Labute approximate surface area is 233 Å². The van der Waals surface area contributed by atoms with Crippen LogP contribution in [0, 0.1) is 5.92 Å². The molecule has 1 atom stereocenters. The maximum absolute atomic E-state index is 12.8. The van der Waals surface area contributed by atoms with Gasteiger partial charge in [0.25, 0.3) is 0 Å². The van der Waals surface area contributed by atoms with E-state index in [1.807, 2.05) is 36.4 Å². The molecule has 210 valence electrons. The number of aliphatic hydroxyl groups is 1. The molecule has 2 amide bonds. The summed E-state index contributed by atoms with van der Waals surface area (Å²) in [6, 6.07) is 20.7. The molecule has 40 heavy (non-hydrogen) atoms. The third-order valence-corrected chi connectivity index (χ3v) is 7.30. The van der Waals surface area contributed by atoms with Gasteiger partial charge in [0.05, 0.1) is 23.4 Å². The van der Waals surface area contributed by atoms with Crippen molar-refractivity contribution in [1.82, 2.24) is 15.2 Å². The van der Waals surface area contributed by atoms with Crippen LogP contribution >= 0.6 is 0 Å². The number of para-hydroxylation sites is 2. The summed E-state index contributed by atoms with van der Waals surface area (Å²) in [4.78, 5) is 30.2. The second kappa shape index (κ2) is 12.8. The second-order valence-corrected chi connectivity index (χ2v) is 10.1. The average molecular weight is 545 g/mol. The summed E-state index contributed by atoms with van der Waals surface area (Å²) < 4.78 is 11.1. The number of anilines is 1. The minimum atomic E-state index is -0.647. The molecule has 5 rings (SSSR count). The Kier molecular flexibility index (Phi) is 8.83. The number of nitrogens with one attached hydrogen (secondary N) is 3. The third kappa shape index (κ3) is 6.38. The van der Waals surface area contributed by atoms with Crippen LogP contribution < -0.4 is 15.4 Å². The lowest BCUT2D eigenvalue weighted by atomic mass is 9.97. The minimum absolute atomic E-state index is 0.192. The molecule has 0 unspecified atom stereocenters. The summed E-state index contributed by atoms with van der Waals surface area (Å²) in [6.07, 6.45) is 1.07. The van der Waals surface area contributed by atoms with Crippen LogP contribution in [-0.4, -0.2) is 72.5 Å². The number of rotatable bonds is 10. The fraction of sp³-hybridized carbons (Fsp3) is 0.355. The van der Waals surface area contributed by atoms with E-state index in [1.54, 1.807) is 36.1 Å². The van der Waals surface area contributed by atoms with Crippen LogP contribution in [-0.2, 0) is 4.74 Å². The van der Waals surface area contributed by atoms with Gasteiger partial charge in [-0.1, -0.05) is 36.4 Å². The van der Waals surface area contributed by atoms with Gasteiger partial charge in [0, 0.05) is 35.9 Å². The van der Waals surface area contributed by atoms with E-state index >= 15 is 0 Å². The number of aliphatic hydroxyl groups excluding tert-OH is 1. The van der Waals surface area contributed by atoms with Crippen molar-refractivity contribution in [3.63, 3.8) is 0 Å². The maximum Gasteiger partial charge on any atom is 0.340 e. The molecule has 1 fully saturated rings. The van der Waals surface area contributed by atoms with Crippen LogP contribution in [0.15, 0.2) is 66.7 Å². The lowest BCUT2D eigenvalue weighted by molar-refractivity contribution is 0.0527. The van der Waals surface area contributed by atoms with Gasteiger partial charge in [-0.3, -0.25) is 0 Å². The normalized spacial score (nSPS) is 14.8. The first kappa shape index (κ1) is 27.5. The number of benzene rings is 3. The summed E-state index contributed by atoms with van der Waals surface area (Å²) in [5.74, 6) is 0.708. The molecule has 0 saturated carbocycles. The molecule has 3 aromatic carbocycles. The average Bonchev–Trinajstić information content (AvgIpc) is 3.36. The van der Waals surface area contributed by atoms with Crippen LogP contribution in [0.2, 0.25) is 0 Å². The topological polar surface area (TPSA) is 116 Å². The van der Waals surface area contributed by atoms with Gasteiger partial charge in [-0.2, -0.15) is 0 Å². The predicted octanol–water partition coefficient (Wildman–Crippen LogP) is 4.77. The molecule has 2 heterocycles. The molecule has 0 bridgehead atoms. The van der Waals surface area contributed by atoms with Crippen LogP contribution in [0.1, 0.15) is 30.1 Å². The fourth-order valence-electron chi connectivity index (χ4n) is 5.20. The number of hydrogen-bond acceptors (Lipinski definition) is 6. The van der Waals surface area contributed by atoms with E-state index in [-0.39, 0.29) is 19.2 Å². The number of amides is 2. The number of carbonyl (C=O) groups is 2. The Bertz CT molecular complexity index is 1460. The Hall–Kier alpha value is -4.08. The van der Waals surface area contributed by atoms with Crippen molar-refractivity contribution >= 4 is 39.5 Å². The molecule has 0 radical (unpaired) electrons. The van der Waals surface area contributed by atoms with Crippen LogP contribution in [0.3, 0.4) is 0 Å². The molecule has 4 aromatic rings. The summed E-state index contributed by atoms with van der Waals surface area (Å²) >= 11 is 0. The summed E-state index contributed by atoms with van der Waals surface area (Å²) in [7, 11) is 0. The SMILES string of the molecule is CCOC(=O)c1ccccc1NC(=O)N1CCC(CNC[C@H](O)COc2cccc3[nH]c4ccccc4c23)CC1. The quantitative estimate of drug-likeness (QED) is 0.214. The molecule has 1 aromatic heterocycles. The number of esters is 1. The fourth-order valence-corrected chi connectivity index (χ4v) is 5.20. The monoisotopic (exact) mass is 544 g/mol. The lowest BCUT2D eigenvalue weighted by Crippen LogP contribution is -2.43. The molecular formula is C31H36N4O5. The number of H-pyrrole nitrogens is 1. The molecule has 9 heteroatoms. The second-order valence-electron chi connectivity index (χ2n) is 10.1. The number of fused-ring (bicyclic) bond motifs is 3. The predicted molar refractivity (Wildman–Crippen MR) is 156 cm³/mol. The van der Waals surface area contributed by atoms with Gasteiger partial charge in [-0.05, 0) is 62.6 Å². The first-order chi connectivity index (χ1) is 19.5. The van der Waals surface area contributed by atoms with Gasteiger partial charge in [-0.15, -0.1) is 0 Å². The molecule has 1 saturated heterocycles. The van der Waals surface area contributed by atoms with E-state index in [1.165, 1.54) is 0 Å². The van der Waals surface area contributed by atoms with Gasteiger partial charge < -0.3 is 35.1 Å². The number of nitrogens with zero attached hydrogens (tertiary/aromatic N) is 1. The molecule has 0 aliphatic carbocycles. The molecule has 0 spiro atoms. The van der Waals surface area contributed by atoms with Crippen molar-refractivity contribution in [2.45, 2.75) is 25.9 Å². The van der Waals surface area contributed by atoms with Crippen molar-refractivity contribution in [2.75, 3.05) is 44.7 Å². The number of ether oxygens (including phenoxy) is 2. The van der Waals surface area contributed by atoms with Crippen molar-refractivity contribution in [3.8, 4) is 5.75 Å². The van der Waals surface area contributed by atoms with E-state index < -0.39 is 12.1 Å². The van der Waals surface area contributed by atoms with E-state index in [0.29, 0.717) is 36.8 Å². The molecular weight excluding hydrogens is 508 g/mol. The van der Waals surface area contributed by atoms with Crippen molar-refractivity contribution in [1.29, 1.82) is 0 Å². The van der Waals surface area contributed by atoms with Crippen LogP contribution in [0.4, 0.5) is 10.5 Å². The minimum Gasteiger partial charge on any atom is -0.490 e. The molecule has 4 N–H and O–H groups in total. The Morgan fingerprint density at radius 1 is 1.02 bits per heavy atom. The van der Waals surface area contributed by atoms with Crippen LogP contribution in [0.25, 0.3) is 21.8 Å². The van der Waals surface area contributed by atoms with E-state index in [9.17, 15) is 14.7 Å². The highest BCUT2D eigenvalue weighted by atomic mass is 16.5. The highest BCUT2D eigenvalue weighted by molar-refractivity contribution is 6.10. The number of aromatic amines is 1. The van der Waals surface area contributed by atoms with Gasteiger partial charge in [-0.25, -0.2) is 9.59 Å². The number of urea groups is 1. The number of piperidine rings is 1. The van der Waals surface area contributed by atoms with E-state index in [0.717, 1.165) is 46.9 Å². The Balaban J connectivity index is 1.04. The molecule has 1 aliphatic heterocycles. The van der Waals surface area contributed by atoms with Gasteiger partial charge in [0.15, 0.2) is 0 Å². The first-order valence-electron chi connectivity index (χ1n) is 13.9. The lowest BCUT2D eigenvalue weighted by Gasteiger charge is -2.32. The first-order valence-corrected chi connectivity index (χ1v) is 13.9. The van der Waals surface area contributed by atoms with Gasteiger partial charge in [0.2, 0.25) is 0 Å². The molecule has 1 aliphatic rings. The van der Waals surface area contributed by atoms with Gasteiger partial charge in [0.1, 0.15) is 18.5 Å². The smallest absolute Gasteiger partial charge is 0.340 e. The largest absolute Gasteiger partial charge is 0.490 e. The molecule has 9 nitrogen and oxygen atoms in total. The van der Waals surface area contributed by atoms with E-state index in [2.05, 4.69) is 21.7 Å². The third-order valence-electron chi connectivity index (χ3n) is 7.30. The summed E-state index contributed by atoms with van der Waals surface area (Å²) in [6.45, 7) is 4.65. The van der Waals surface area contributed by atoms with Crippen molar-refractivity contribution in [3.05, 3.63) is 72.3 Å².